The molecular formula is C12H26Si. The minimum Gasteiger partial charge on any atom is -0.0888 e. The van der Waals surface area contributed by atoms with Crippen LogP contribution in [-0.2, 0) is 0 Å². The Morgan fingerprint density at radius 3 is 1.77 bits per heavy atom. The number of rotatable bonds is 7. The summed E-state index contributed by atoms with van der Waals surface area (Å²) in [5, 5.41) is 0. The average Bonchev–Trinajstić information content (AvgIpc) is 2.20. The molecule has 0 fully saturated rings. The van der Waals surface area contributed by atoms with Gasteiger partial charge in [0.25, 0.3) is 0 Å². The molecule has 0 saturated heterocycles. The molecule has 0 nitrogen and oxygen atoms in total. The standard InChI is InChI=1S/C12H26Si/c1-5-9-10-11-12-13(6-2,7-3)8-4/h9-10H,5-8,11-12H2,1-4H3. The summed E-state index contributed by atoms with van der Waals surface area (Å²) in [6.07, 6.45) is 7.21. The van der Waals surface area contributed by atoms with Gasteiger partial charge in [-0.15, -0.1) is 0 Å². The monoisotopic (exact) mass is 198 g/mol. The van der Waals surface area contributed by atoms with Gasteiger partial charge in [-0.2, -0.15) is 0 Å². The molecule has 0 atom stereocenters. The molecule has 13 heavy (non-hydrogen) atoms. The third-order valence-electron chi connectivity index (χ3n) is 3.49. The van der Waals surface area contributed by atoms with E-state index < -0.39 is 8.07 Å². The van der Waals surface area contributed by atoms with E-state index in [0.29, 0.717) is 0 Å². The van der Waals surface area contributed by atoms with E-state index in [9.17, 15) is 0 Å². The normalized spacial score (nSPS) is 12.6. The molecule has 0 spiro atoms. The maximum Gasteiger partial charge on any atom is 0.0530 e. The van der Waals surface area contributed by atoms with Crippen LogP contribution in [-0.4, -0.2) is 8.07 Å². The number of hydrogen-bond donors (Lipinski definition) is 0. The van der Waals surface area contributed by atoms with Gasteiger partial charge in [-0.3, -0.25) is 0 Å². The fraction of sp³-hybridized carbons (Fsp3) is 0.833. The molecule has 0 aromatic heterocycles. The van der Waals surface area contributed by atoms with Gasteiger partial charge in [0.05, 0.1) is 8.07 Å². The van der Waals surface area contributed by atoms with Crippen molar-refractivity contribution in [3.63, 3.8) is 0 Å². The smallest absolute Gasteiger partial charge is 0.0530 e. The summed E-state index contributed by atoms with van der Waals surface area (Å²) in [6, 6.07) is 5.92. The Bertz CT molecular complexity index is 126. The molecule has 0 rings (SSSR count). The van der Waals surface area contributed by atoms with Crippen molar-refractivity contribution in [1.82, 2.24) is 0 Å². The Morgan fingerprint density at radius 1 is 0.846 bits per heavy atom. The van der Waals surface area contributed by atoms with Crippen LogP contribution in [0.15, 0.2) is 12.2 Å². The highest BCUT2D eigenvalue weighted by Gasteiger charge is 2.24. The van der Waals surface area contributed by atoms with Crippen LogP contribution in [0.1, 0.15) is 40.5 Å². The van der Waals surface area contributed by atoms with Gasteiger partial charge in [0.2, 0.25) is 0 Å². The highest BCUT2D eigenvalue weighted by molar-refractivity contribution is 6.79. The fourth-order valence-corrected chi connectivity index (χ4v) is 5.29. The molecule has 0 aliphatic carbocycles. The van der Waals surface area contributed by atoms with Crippen molar-refractivity contribution in [2.24, 2.45) is 0 Å². The van der Waals surface area contributed by atoms with Crippen molar-refractivity contribution >= 4 is 8.07 Å². The van der Waals surface area contributed by atoms with E-state index in [1.165, 1.54) is 37.0 Å². The van der Waals surface area contributed by atoms with Crippen LogP contribution in [0, 0.1) is 0 Å². The van der Waals surface area contributed by atoms with E-state index in [0.717, 1.165) is 0 Å². The Balaban J connectivity index is 3.88. The topological polar surface area (TPSA) is 0 Å². The van der Waals surface area contributed by atoms with E-state index in [2.05, 4.69) is 39.8 Å². The lowest BCUT2D eigenvalue weighted by Crippen LogP contribution is -2.30. The van der Waals surface area contributed by atoms with Gasteiger partial charge in [-0.05, 0) is 12.8 Å². The second-order valence-corrected chi connectivity index (χ2v) is 9.60. The second kappa shape index (κ2) is 7.37. The fourth-order valence-electron chi connectivity index (χ4n) is 1.95. The van der Waals surface area contributed by atoms with E-state index >= 15 is 0 Å². The summed E-state index contributed by atoms with van der Waals surface area (Å²) in [5.41, 5.74) is 0. The summed E-state index contributed by atoms with van der Waals surface area (Å²) >= 11 is 0. The summed E-state index contributed by atoms with van der Waals surface area (Å²) in [7, 11) is -0.819. The Morgan fingerprint density at radius 2 is 1.38 bits per heavy atom. The predicted octanol–water partition coefficient (Wildman–Crippen LogP) is 4.85. The van der Waals surface area contributed by atoms with Crippen LogP contribution in [0.5, 0.6) is 0 Å². The lowest BCUT2D eigenvalue weighted by Gasteiger charge is -2.27. The minimum atomic E-state index is -0.819. The first-order valence-corrected chi connectivity index (χ1v) is 8.72. The van der Waals surface area contributed by atoms with Crippen molar-refractivity contribution in [2.75, 3.05) is 0 Å². The van der Waals surface area contributed by atoms with Crippen LogP contribution in [0.4, 0.5) is 0 Å². The van der Waals surface area contributed by atoms with Crippen LogP contribution >= 0.6 is 0 Å². The molecule has 0 heterocycles. The molecule has 0 aliphatic rings. The van der Waals surface area contributed by atoms with Crippen molar-refractivity contribution in [2.45, 2.75) is 64.7 Å². The van der Waals surface area contributed by atoms with Gasteiger partial charge in [0, 0.05) is 0 Å². The van der Waals surface area contributed by atoms with Gasteiger partial charge in [-0.1, -0.05) is 64.0 Å². The van der Waals surface area contributed by atoms with E-state index in [1.807, 2.05) is 0 Å². The Hall–Kier alpha value is -0.0431. The average molecular weight is 198 g/mol. The Labute approximate surface area is 85.4 Å². The molecular weight excluding hydrogens is 172 g/mol. The zero-order valence-corrected chi connectivity index (χ0v) is 10.9. The van der Waals surface area contributed by atoms with Gasteiger partial charge in [0.1, 0.15) is 0 Å². The van der Waals surface area contributed by atoms with Crippen molar-refractivity contribution in [1.29, 1.82) is 0 Å². The molecule has 0 radical (unpaired) electrons. The highest BCUT2D eigenvalue weighted by atomic mass is 28.3. The Kier molecular flexibility index (Phi) is 7.34. The minimum absolute atomic E-state index is 0.819. The van der Waals surface area contributed by atoms with Crippen molar-refractivity contribution in [3.8, 4) is 0 Å². The molecule has 0 bridgehead atoms. The molecule has 1 heteroatoms. The van der Waals surface area contributed by atoms with E-state index in [-0.39, 0.29) is 0 Å². The van der Waals surface area contributed by atoms with Crippen LogP contribution < -0.4 is 0 Å². The van der Waals surface area contributed by atoms with Gasteiger partial charge in [-0.25, -0.2) is 0 Å². The lowest BCUT2D eigenvalue weighted by atomic mass is 10.3. The zero-order chi connectivity index (χ0) is 10.2. The zero-order valence-electron chi connectivity index (χ0n) is 9.90. The molecule has 0 unspecified atom stereocenters. The number of hydrogen-bond acceptors (Lipinski definition) is 0. The lowest BCUT2D eigenvalue weighted by molar-refractivity contribution is 1.04. The first-order chi connectivity index (χ1) is 6.24. The highest BCUT2D eigenvalue weighted by Crippen LogP contribution is 2.26. The predicted molar refractivity (Wildman–Crippen MR) is 66.1 cm³/mol. The largest absolute Gasteiger partial charge is 0.0888 e. The number of allylic oxidation sites excluding steroid dienone is 2. The van der Waals surface area contributed by atoms with Crippen molar-refractivity contribution in [3.05, 3.63) is 12.2 Å². The third kappa shape index (κ3) is 4.66. The first-order valence-electron chi connectivity index (χ1n) is 5.89. The van der Waals surface area contributed by atoms with Crippen LogP contribution in [0.25, 0.3) is 0 Å². The molecule has 0 aromatic carbocycles. The van der Waals surface area contributed by atoms with E-state index in [1.54, 1.807) is 0 Å². The van der Waals surface area contributed by atoms with Crippen LogP contribution in [0.3, 0.4) is 0 Å². The second-order valence-electron chi connectivity index (χ2n) is 3.98. The molecule has 0 saturated carbocycles. The quantitative estimate of drug-likeness (QED) is 0.405. The third-order valence-corrected chi connectivity index (χ3v) is 9.34. The van der Waals surface area contributed by atoms with E-state index in [4.69, 9.17) is 0 Å². The molecule has 0 N–H and O–H groups in total. The summed E-state index contributed by atoms with van der Waals surface area (Å²) < 4.78 is 0. The maximum atomic E-state index is 2.39. The van der Waals surface area contributed by atoms with Gasteiger partial charge >= 0.3 is 0 Å². The molecule has 0 aliphatic heterocycles. The molecule has 78 valence electrons. The van der Waals surface area contributed by atoms with Gasteiger partial charge < -0.3 is 0 Å². The van der Waals surface area contributed by atoms with Crippen LogP contribution in [0.2, 0.25) is 24.2 Å². The maximum absolute atomic E-state index is 2.39. The summed E-state index contributed by atoms with van der Waals surface area (Å²) in [6.45, 7) is 9.38. The summed E-state index contributed by atoms with van der Waals surface area (Å²) in [5.74, 6) is 0. The van der Waals surface area contributed by atoms with Crippen molar-refractivity contribution < 1.29 is 0 Å². The van der Waals surface area contributed by atoms with Gasteiger partial charge in [0.15, 0.2) is 0 Å². The summed E-state index contributed by atoms with van der Waals surface area (Å²) in [4.78, 5) is 0. The molecule has 0 amide bonds. The molecule has 0 aromatic rings. The first kappa shape index (κ1) is 13.0. The SMILES string of the molecule is CCC=CCC[Si](CC)(CC)CC.